The predicted octanol–water partition coefficient (Wildman–Crippen LogP) is 4.64. The molecule has 2 rings (SSSR count). The van der Waals surface area contributed by atoms with Gasteiger partial charge in [0.1, 0.15) is 0 Å². The molecule has 0 saturated heterocycles. The van der Waals surface area contributed by atoms with Crippen LogP contribution >= 0.6 is 0 Å². The summed E-state index contributed by atoms with van der Waals surface area (Å²) >= 11 is 0. The van der Waals surface area contributed by atoms with E-state index in [9.17, 15) is 0 Å². The fraction of sp³-hybridized carbons (Fsp3) is 0.667. The molecule has 1 aromatic rings. The van der Waals surface area contributed by atoms with Gasteiger partial charge in [0.15, 0.2) is 0 Å². The number of aryl methyl sites for hydroxylation is 2. The quantitative estimate of drug-likeness (QED) is 0.834. The number of benzene rings is 1. The van der Waals surface area contributed by atoms with Crippen LogP contribution < -0.4 is 5.32 Å². The molecular weight excluding hydrogens is 230 g/mol. The van der Waals surface area contributed by atoms with Gasteiger partial charge in [-0.25, -0.2) is 0 Å². The molecule has 0 heterocycles. The Kier molecular flexibility index (Phi) is 4.67. The first-order chi connectivity index (χ1) is 8.99. The lowest BCUT2D eigenvalue weighted by atomic mass is 9.72. The van der Waals surface area contributed by atoms with Gasteiger partial charge in [-0.15, -0.1) is 0 Å². The molecule has 0 spiro atoms. The SMILES string of the molecule is CNC(c1cc(C)cc(C)c1)C1CC(C)CC(C)C1. The highest BCUT2D eigenvalue weighted by Gasteiger charge is 2.30. The first-order valence-corrected chi connectivity index (χ1v) is 7.75. The summed E-state index contributed by atoms with van der Waals surface area (Å²) in [6, 6.07) is 7.50. The van der Waals surface area contributed by atoms with Crippen molar-refractivity contribution >= 4 is 0 Å². The van der Waals surface area contributed by atoms with Gasteiger partial charge >= 0.3 is 0 Å². The summed E-state index contributed by atoms with van der Waals surface area (Å²) in [4.78, 5) is 0. The number of rotatable bonds is 3. The van der Waals surface area contributed by atoms with Gasteiger partial charge < -0.3 is 5.32 Å². The minimum atomic E-state index is 0.517. The molecule has 1 nitrogen and oxygen atoms in total. The Morgan fingerprint density at radius 1 is 0.947 bits per heavy atom. The van der Waals surface area contributed by atoms with Gasteiger partial charge in [0.2, 0.25) is 0 Å². The first kappa shape index (κ1) is 14.6. The fourth-order valence-electron chi connectivity index (χ4n) is 4.15. The summed E-state index contributed by atoms with van der Waals surface area (Å²) in [6.07, 6.45) is 4.13. The summed E-state index contributed by atoms with van der Waals surface area (Å²) in [5.74, 6) is 2.52. The van der Waals surface area contributed by atoms with Crippen LogP contribution in [0.4, 0.5) is 0 Å². The van der Waals surface area contributed by atoms with Crippen LogP contribution in [0.2, 0.25) is 0 Å². The largest absolute Gasteiger partial charge is 0.313 e. The molecule has 19 heavy (non-hydrogen) atoms. The third kappa shape index (κ3) is 3.60. The smallest absolute Gasteiger partial charge is 0.0346 e. The van der Waals surface area contributed by atoms with Crippen molar-refractivity contribution in [2.75, 3.05) is 7.05 Å². The summed E-state index contributed by atoms with van der Waals surface area (Å²) in [7, 11) is 2.12. The van der Waals surface area contributed by atoms with E-state index in [2.05, 4.69) is 58.3 Å². The Bertz CT molecular complexity index is 393. The maximum absolute atomic E-state index is 3.58. The van der Waals surface area contributed by atoms with Gasteiger partial charge in [-0.3, -0.25) is 0 Å². The zero-order valence-electron chi connectivity index (χ0n) is 13.2. The molecule has 1 aromatic carbocycles. The van der Waals surface area contributed by atoms with Crippen molar-refractivity contribution in [3.05, 3.63) is 34.9 Å². The predicted molar refractivity (Wildman–Crippen MR) is 83.4 cm³/mol. The zero-order valence-corrected chi connectivity index (χ0v) is 13.2. The summed E-state index contributed by atoms with van der Waals surface area (Å²) in [5, 5.41) is 3.58. The second kappa shape index (κ2) is 6.09. The Morgan fingerprint density at radius 2 is 1.47 bits per heavy atom. The van der Waals surface area contributed by atoms with E-state index in [-0.39, 0.29) is 0 Å². The Morgan fingerprint density at radius 3 is 1.95 bits per heavy atom. The van der Waals surface area contributed by atoms with E-state index in [0.717, 1.165) is 17.8 Å². The van der Waals surface area contributed by atoms with Crippen molar-refractivity contribution in [2.45, 2.75) is 53.0 Å². The standard InChI is InChI=1S/C18H29N/c1-12-6-13(2)9-16(8-12)18(19-5)17-10-14(3)7-15(4)11-17/h6,8-9,14-15,17-19H,7,10-11H2,1-5H3. The molecule has 1 aliphatic rings. The average Bonchev–Trinajstić information content (AvgIpc) is 2.27. The van der Waals surface area contributed by atoms with Gasteiger partial charge in [-0.1, -0.05) is 43.2 Å². The topological polar surface area (TPSA) is 12.0 Å². The van der Waals surface area contributed by atoms with E-state index >= 15 is 0 Å². The van der Waals surface area contributed by atoms with Crippen molar-refractivity contribution in [3.8, 4) is 0 Å². The monoisotopic (exact) mass is 259 g/mol. The molecule has 0 bridgehead atoms. The van der Waals surface area contributed by atoms with Gasteiger partial charge in [0.05, 0.1) is 0 Å². The van der Waals surface area contributed by atoms with E-state index < -0.39 is 0 Å². The molecule has 1 heteroatoms. The molecular formula is C18H29N. The van der Waals surface area contributed by atoms with Crippen molar-refractivity contribution in [2.24, 2.45) is 17.8 Å². The van der Waals surface area contributed by atoms with Crippen LogP contribution in [0, 0.1) is 31.6 Å². The minimum Gasteiger partial charge on any atom is -0.313 e. The third-order valence-corrected chi connectivity index (χ3v) is 4.60. The van der Waals surface area contributed by atoms with E-state index in [1.807, 2.05) is 0 Å². The number of nitrogens with one attached hydrogen (secondary N) is 1. The molecule has 3 unspecified atom stereocenters. The molecule has 3 atom stereocenters. The van der Waals surface area contributed by atoms with E-state index in [0.29, 0.717) is 6.04 Å². The van der Waals surface area contributed by atoms with Crippen molar-refractivity contribution in [1.29, 1.82) is 0 Å². The van der Waals surface area contributed by atoms with Gasteiger partial charge in [-0.2, -0.15) is 0 Å². The fourth-order valence-corrected chi connectivity index (χ4v) is 4.15. The lowest BCUT2D eigenvalue weighted by molar-refractivity contribution is 0.180. The van der Waals surface area contributed by atoms with Gasteiger partial charge in [0, 0.05) is 6.04 Å². The average molecular weight is 259 g/mol. The highest BCUT2D eigenvalue weighted by molar-refractivity contribution is 5.31. The van der Waals surface area contributed by atoms with E-state index in [4.69, 9.17) is 0 Å². The summed E-state index contributed by atoms with van der Waals surface area (Å²) in [5.41, 5.74) is 4.24. The molecule has 1 fully saturated rings. The van der Waals surface area contributed by atoms with Gasteiger partial charge in [-0.05, 0) is 63.5 Å². The van der Waals surface area contributed by atoms with Crippen molar-refractivity contribution in [1.82, 2.24) is 5.32 Å². The summed E-state index contributed by atoms with van der Waals surface area (Å²) < 4.78 is 0. The highest BCUT2D eigenvalue weighted by Crippen LogP contribution is 2.39. The Balaban J connectivity index is 2.23. The lowest BCUT2D eigenvalue weighted by Gasteiger charge is -2.37. The maximum Gasteiger partial charge on any atom is 0.0346 e. The normalized spacial score (nSPS) is 29.2. The van der Waals surface area contributed by atoms with Crippen molar-refractivity contribution < 1.29 is 0 Å². The molecule has 1 aliphatic carbocycles. The van der Waals surface area contributed by atoms with E-state index in [1.54, 1.807) is 0 Å². The molecule has 106 valence electrons. The van der Waals surface area contributed by atoms with Crippen LogP contribution in [-0.4, -0.2) is 7.05 Å². The number of hydrogen-bond donors (Lipinski definition) is 1. The molecule has 0 aliphatic heterocycles. The van der Waals surface area contributed by atoms with Crippen LogP contribution in [0.5, 0.6) is 0 Å². The van der Waals surface area contributed by atoms with E-state index in [1.165, 1.54) is 36.0 Å². The zero-order chi connectivity index (χ0) is 14.0. The number of hydrogen-bond acceptors (Lipinski definition) is 1. The summed E-state index contributed by atoms with van der Waals surface area (Å²) in [6.45, 7) is 9.23. The van der Waals surface area contributed by atoms with Crippen LogP contribution in [0.3, 0.4) is 0 Å². The second-order valence-electron chi connectivity index (χ2n) is 6.86. The molecule has 0 amide bonds. The molecule has 1 N–H and O–H groups in total. The van der Waals surface area contributed by atoms with Crippen LogP contribution in [0.15, 0.2) is 18.2 Å². The van der Waals surface area contributed by atoms with Crippen LogP contribution in [0.25, 0.3) is 0 Å². The van der Waals surface area contributed by atoms with Gasteiger partial charge in [0.25, 0.3) is 0 Å². The minimum absolute atomic E-state index is 0.517. The molecule has 0 radical (unpaired) electrons. The second-order valence-corrected chi connectivity index (χ2v) is 6.86. The maximum atomic E-state index is 3.58. The highest BCUT2D eigenvalue weighted by atomic mass is 14.9. The third-order valence-electron chi connectivity index (χ3n) is 4.60. The Hall–Kier alpha value is -0.820. The van der Waals surface area contributed by atoms with Crippen LogP contribution in [0.1, 0.15) is 55.8 Å². The Labute approximate surface area is 118 Å². The lowest BCUT2D eigenvalue weighted by Crippen LogP contribution is -2.31. The molecule has 0 aromatic heterocycles. The van der Waals surface area contributed by atoms with Crippen molar-refractivity contribution in [3.63, 3.8) is 0 Å². The first-order valence-electron chi connectivity index (χ1n) is 7.75. The molecule has 1 saturated carbocycles. The van der Waals surface area contributed by atoms with Crippen LogP contribution in [-0.2, 0) is 0 Å².